The SMILES string of the molecule is NS(=O)(=O)c1ccc2c(c1)C(C1=NCCN1)C2. The summed E-state index contributed by atoms with van der Waals surface area (Å²) in [6.07, 6.45) is 0.923. The summed E-state index contributed by atoms with van der Waals surface area (Å²) < 4.78 is 22.6. The van der Waals surface area contributed by atoms with Crippen molar-refractivity contribution in [1.29, 1.82) is 0 Å². The Balaban J connectivity index is 1.98. The second-order valence-corrected chi connectivity index (χ2v) is 5.92. The van der Waals surface area contributed by atoms with E-state index in [4.69, 9.17) is 5.14 Å². The lowest BCUT2D eigenvalue weighted by atomic mass is 9.77. The summed E-state index contributed by atoms with van der Waals surface area (Å²) in [4.78, 5) is 4.55. The Labute approximate surface area is 99.8 Å². The molecule has 6 heteroatoms. The molecule has 0 amide bonds. The molecule has 5 nitrogen and oxygen atoms in total. The van der Waals surface area contributed by atoms with Crippen molar-refractivity contribution in [2.45, 2.75) is 17.2 Å². The number of primary sulfonamides is 1. The molecule has 0 spiro atoms. The second-order valence-electron chi connectivity index (χ2n) is 4.36. The third-order valence-corrected chi connectivity index (χ3v) is 4.19. The number of hydrogen-bond acceptors (Lipinski definition) is 4. The topological polar surface area (TPSA) is 84.6 Å². The molecular weight excluding hydrogens is 238 g/mol. The minimum absolute atomic E-state index is 0.180. The Bertz CT molecular complexity index is 607. The molecule has 2 aliphatic rings. The lowest BCUT2D eigenvalue weighted by Crippen LogP contribution is -2.33. The van der Waals surface area contributed by atoms with Crippen molar-refractivity contribution in [3.63, 3.8) is 0 Å². The summed E-state index contributed by atoms with van der Waals surface area (Å²) >= 11 is 0. The molecule has 0 aromatic heterocycles. The van der Waals surface area contributed by atoms with Gasteiger partial charge in [0.05, 0.1) is 11.4 Å². The zero-order chi connectivity index (χ0) is 12.0. The van der Waals surface area contributed by atoms with Gasteiger partial charge in [0.25, 0.3) is 0 Å². The van der Waals surface area contributed by atoms with Crippen molar-refractivity contribution in [1.82, 2.24) is 5.32 Å². The van der Waals surface area contributed by atoms with Gasteiger partial charge in [0.2, 0.25) is 10.0 Å². The van der Waals surface area contributed by atoms with Crippen molar-refractivity contribution in [3.05, 3.63) is 29.3 Å². The zero-order valence-electron chi connectivity index (χ0n) is 9.18. The van der Waals surface area contributed by atoms with Crippen LogP contribution in [-0.4, -0.2) is 27.3 Å². The molecule has 17 heavy (non-hydrogen) atoms. The molecule has 3 N–H and O–H groups in total. The van der Waals surface area contributed by atoms with E-state index in [1.165, 1.54) is 5.56 Å². The van der Waals surface area contributed by atoms with Gasteiger partial charge in [-0.25, -0.2) is 13.6 Å². The number of hydrogen-bond donors (Lipinski definition) is 2. The van der Waals surface area contributed by atoms with Crippen LogP contribution < -0.4 is 10.5 Å². The van der Waals surface area contributed by atoms with E-state index in [2.05, 4.69) is 10.3 Å². The minimum atomic E-state index is -3.62. The van der Waals surface area contributed by atoms with Crippen LogP contribution in [0.25, 0.3) is 0 Å². The first-order chi connectivity index (χ1) is 8.05. The number of benzene rings is 1. The molecule has 0 saturated carbocycles. The first-order valence-electron chi connectivity index (χ1n) is 5.49. The van der Waals surface area contributed by atoms with E-state index in [-0.39, 0.29) is 10.8 Å². The van der Waals surface area contributed by atoms with Gasteiger partial charge in [-0.1, -0.05) is 6.07 Å². The summed E-state index contributed by atoms with van der Waals surface area (Å²) in [5.41, 5.74) is 2.21. The molecule has 0 fully saturated rings. The molecule has 1 unspecified atom stereocenters. The molecule has 1 aromatic carbocycles. The van der Waals surface area contributed by atoms with Crippen molar-refractivity contribution < 1.29 is 8.42 Å². The van der Waals surface area contributed by atoms with Gasteiger partial charge in [-0.2, -0.15) is 0 Å². The second kappa shape index (κ2) is 3.54. The Morgan fingerprint density at radius 2 is 2.24 bits per heavy atom. The van der Waals surface area contributed by atoms with Gasteiger partial charge in [0.1, 0.15) is 5.84 Å². The summed E-state index contributed by atoms with van der Waals surface area (Å²) in [5, 5.41) is 8.35. The molecule has 0 bridgehead atoms. The molecule has 3 rings (SSSR count). The lowest BCUT2D eigenvalue weighted by molar-refractivity contribution is 0.597. The van der Waals surface area contributed by atoms with Gasteiger partial charge in [-0.15, -0.1) is 0 Å². The number of nitrogens with zero attached hydrogens (tertiary/aromatic N) is 1. The Kier molecular flexibility index (Phi) is 2.24. The third kappa shape index (κ3) is 1.73. The fourth-order valence-corrected chi connectivity index (χ4v) is 2.90. The maximum Gasteiger partial charge on any atom is 0.238 e. The van der Waals surface area contributed by atoms with E-state index >= 15 is 0 Å². The number of aliphatic imine (C=N–C) groups is 1. The van der Waals surface area contributed by atoms with Crippen LogP contribution in [-0.2, 0) is 16.4 Å². The third-order valence-electron chi connectivity index (χ3n) is 3.28. The summed E-state index contributed by atoms with van der Waals surface area (Å²) in [7, 11) is -3.62. The lowest BCUT2D eigenvalue weighted by Gasteiger charge is -2.30. The van der Waals surface area contributed by atoms with Crippen molar-refractivity contribution in [2.24, 2.45) is 10.1 Å². The highest BCUT2D eigenvalue weighted by Gasteiger charge is 2.32. The number of sulfonamides is 1. The average Bonchev–Trinajstić information content (AvgIpc) is 2.71. The van der Waals surface area contributed by atoms with Crippen molar-refractivity contribution in [2.75, 3.05) is 13.1 Å². The normalized spacial score (nSPS) is 22.4. The zero-order valence-corrected chi connectivity index (χ0v) is 10.00. The highest BCUT2D eigenvalue weighted by molar-refractivity contribution is 7.89. The molecule has 1 aliphatic heterocycles. The minimum Gasteiger partial charge on any atom is -0.371 e. The Hall–Kier alpha value is -1.40. The number of nitrogens with two attached hydrogens (primary N) is 1. The molecule has 1 aliphatic carbocycles. The summed E-state index contributed by atoms with van der Waals surface area (Å²) in [5.74, 6) is 1.19. The van der Waals surface area contributed by atoms with Crippen LogP contribution in [0.2, 0.25) is 0 Å². The van der Waals surface area contributed by atoms with Gasteiger partial charge in [-0.05, 0) is 29.7 Å². The highest BCUT2D eigenvalue weighted by Crippen LogP contribution is 2.37. The molecular formula is C11H13N3O2S. The summed E-state index contributed by atoms with van der Waals surface area (Å²) in [6.45, 7) is 1.67. The molecule has 0 radical (unpaired) electrons. The monoisotopic (exact) mass is 251 g/mol. The average molecular weight is 251 g/mol. The largest absolute Gasteiger partial charge is 0.371 e. The number of amidine groups is 1. The predicted molar refractivity (Wildman–Crippen MR) is 64.6 cm³/mol. The first-order valence-corrected chi connectivity index (χ1v) is 7.04. The highest BCUT2D eigenvalue weighted by atomic mass is 32.2. The van der Waals surface area contributed by atoms with Crippen molar-refractivity contribution >= 4 is 15.9 Å². The molecule has 0 saturated heterocycles. The van der Waals surface area contributed by atoms with Crippen LogP contribution in [0.5, 0.6) is 0 Å². The number of fused-ring (bicyclic) bond motifs is 1. The van der Waals surface area contributed by atoms with E-state index in [1.807, 2.05) is 6.07 Å². The number of nitrogens with one attached hydrogen (secondary N) is 1. The van der Waals surface area contributed by atoms with Crippen LogP contribution in [0.3, 0.4) is 0 Å². The van der Waals surface area contributed by atoms with Crippen LogP contribution in [0.1, 0.15) is 17.0 Å². The van der Waals surface area contributed by atoms with Crippen LogP contribution in [0, 0.1) is 0 Å². The predicted octanol–water partition coefficient (Wildman–Crippen LogP) is -0.0246. The van der Waals surface area contributed by atoms with Crippen molar-refractivity contribution in [3.8, 4) is 0 Å². The van der Waals surface area contributed by atoms with E-state index in [0.717, 1.165) is 30.9 Å². The van der Waals surface area contributed by atoms with E-state index in [0.29, 0.717) is 0 Å². The molecule has 1 atom stereocenters. The van der Waals surface area contributed by atoms with Gasteiger partial charge < -0.3 is 5.32 Å². The number of rotatable bonds is 2. The van der Waals surface area contributed by atoms with Crippen LogP contribution in [0.15, 0.2) is 28.1 Å². The Morgan fingerprint density at radius 1 is 1.41 bits per heavy atom. The van der Waals surface area contributed by atoms with E-state index < -0.39 is 10.0 Å². The molecule has 1 heterocycles. The summed E-state index contributed by atoms with van der Waals surface area (Å²) in [6, 6.07) is 5.07. The van der Waals surface area contributed by atoms with Gasteiger partial charge in [0, 0.05) is 12.5 Å². The quantitative estimate of drug-likeness (QED) is 0.774. The standard InChI is InChI=1S/C11H13N3O2S/c12-17(15,16)8-2-1-7-5-10(9(7)6-8)11-13-3-4-14-11/h1-2,6,10H,3-5H2,(H,13,14)(H2,12,15,16). The fraction of sp³-hybridized carbons (Fsp3) is 0.364. The van der Waals surface area contributed by atoms with Crippen LogP contribution in [0.4, 0.5) is 0 Å². The maximum atomic E-state index is 11.3. The van der Waals surface area contributed by atoms with E-state index in [1.54, 1.807) is 12.1 Å². The van der Waals surface area contributed by atoms with Gasteiger partial charge in [-0.3, -0.25) is 4.99 Å². The van der Waals surface area contributed by atoms with Crippen LogP contribution >= 0.6 is 0 Å². The molecule has 90 valence electrons. The smallest absolute Gasteiger partial charge is 0.238 e. The molecule has 1 aromatic rings. The van der Waals surface area contributed by atoms with Gasteiger partial charge in [0.15, 0.2) is 0 Å². The van der Waals surface area contributed by atoms with Gasteiger partial charge >= 0.3 is 0 Å². The first kappa shape index (κ1) is 10.7. The fourth-order valence-electron chi connectivity index (χ4n) is 2.35. The maximum absolute atomic E-state index is 11.3. The Morgan fingerprint density at radius 3 is 2.88 bits per heavy atom. The van der Waals surface area contributed by atoms with E-state index in [9.17, 15) is 8.42 Å².